The molecule has 15 heteroatoms. The molecule has 4 aliphatic rings. The molecule has 1 saturated heterocycles. The molecule has 328 valence electrons. The smallest absolute Gasteiger partial charge is 0.338 e. The van der Waals surface area contributed by atoms with Crippen molar-refractivity contribution in [3.63, 3.8) is 0 Å². The number of fused-ring (bicyclic) bond motifs is 5. The molecule has 0 spiro atoms. The van der Waals surface area contributed by atoms with E-state index in [2.05, 4.69) is 5.32 Å². The molecule has 3 aromatic carbocycles. The van der Waals surface area contributed by atoms with Crippen LogP contribution in [0.4, 0.5) is 0 Å². The van der Waals surface area contributed by atoms with Crippen LogP contribution in [0.15, 0.2) is 102 Å². The maximum atomic E-state index is 15.5. The summed E-state index contributed by atoms with van der Waals surface area (Å²) in [4.78, 5) is 83.5. The number of hydrogen-bond acceptors (Lipinski definition) is 14. The van der Waals surface area contributed by atoms with E-state index in [1.54, 1.807) is 92.7 Å². The summed E-state index contributed by atoms with van der Waals surface area (Å²) in [5.41, 5.74) is -7.02. The third-order valence-corrected chi connectivity index (χ3v) is 13.5. The fraction of sp³-hybridized carbons (Fsp3) is 0.447. The van der Waals surface area contributed by atoms with E-state index >= 15 is 4.79 Å². The van der Waals surface area contributed by atoms with Gasteiger partial charge in [-0.25, -0.2) is 9.59 Å². The number of carbonyl (C=O) groups is 6. The Bertz CT molecular complexity index is 2280. The minimum atomic E-state index is -2.39. The molecule has 2 bridgehead atoms. The fourth-order valence-electron chi connectivity index (χ4n) is 10.2. The molecular formula is C47H51NO14. The van der Waals surface area contributed by atoms with Gasteiger partial charge in [-0.1, -0.05) is 80.6 Å². The van der Waals surface area contributed by atoms with E-state index in [0.717, 1.165) is 13.8 Å². The highest BCUT2D eigenvalue weighted by Crippen LogP contribution is 2.64. The summed E-state index contributed by atoms with van der Waals surface area (Å²) in [6.07, 6.45) is -10.5. The molecule has 62 heavy (non-hydrogen) atoms. The highest BCUT2D eigenvalue weighted by molar-refractivity contribution is 5.96. The van der Waals surface area contributed by atoms with E-state index in [-0.39, 0.29) is 35.3 Å². The lowest BCUT2D eigenvalue weighted by Gasteiger charge is -2.67. The number of esters is 4. The number of aliphatic hydroxyl groups excluding tert-OH is 2. The van der Waals surface area contributed by atoms with Gasteiger partial charge in [0.1, 0.15) is 23.9 Å². The van der Waals surface area contributed by atoms with Crippen molar-refractivity contribution in [1.29, 1.82) is 0 Å². The standard InChI is InChI=1S/C47H51NO14/c1-25-31(60-43(56)36(52)35(28-16-10-7-11-17-28)48-41(54)29-18-12-8-13-19-29)23-47(57)40(61-42(55)30-20-14-9-15-21-30)38-45(6,32(51)22-33-46(38,24-58-33)62-27(3)50)39(53)37(59-26(2)49)34(25)44(47,4)5/h7-21,31-33,35-38,40,51-52,57H,22-24H2,1-6H3,(H,48,54)/t31-,32+,33-,35-,36+,37-,38-,40?,45-,46?,47-/m1/s1. The summed E-state index contributed by atoms with van der Waals surface area (Å²) in [6.45, 7) is 7.97. The molecule has 3 aliphatic carbocycles. The van der Waals surface area contributed by atoms with E-state index < -0.39 is 113 Å². The number of aliphatic hydroxyl groups is 3. The summed E-state index contributed by atoms with van der Waals surface area (Å²) in [6, 6.07) is 22.9. The first-order valence-corrected chi connectivity index (χ1v) is 20.5. The Hall–Kier alpha value is -5.74. The first kappa shape index (κ1) is 44.3. The molecule has 1 aliphatic heterocycles. The van der Waals surface area contributed by atoms with Crippen LogP contribution in [-0.4, -0.2) is 105 Å². The van der Waals surface area contributed by atoms with E-state index in [1.165, 1.54) is 26.0 Å². The molecule has 0 aromatic heterocycles. The van der Waals surface area contributed by atoms with Gasteiger partial charge in [0.25, 0.3) is 5.91 Å². The Morgan fingerprint density at radius 1 is 0.823 bits per heavy atom. The molecule has 15 nitrogen and oxygen atoms in total. The van der Waals surface area contributed by atoms with E-state index in [9.17, 15) is 39.3 Å². The van der Waals surface area contributed by atoms with E-state index in [4.69, 9.17) is 23.7 Å². The zero-order chi connectivity index (χ0) is 44.9. The van der Waals surface area contributed by atoms with Crippen molar-refractivity contribution in [1.82, 2.24) is 5.32 Å². The van der Waals surface area contributed by atoms with Gasteiger partial charge >= 0.3 is 23.9 Å². The predicted octanol–water partition coefficient (Wildman–Crippen LogP) is 3.74. The Balaban J connectivity index is 1.39. The zero-order valence-electron chi connectivity index (χ0n) is 35.2. The van der Waals surface area contributed by atoms with Crippen molar-refractivity contribution in [2.75, 3.05) is 6.61 Å². The topological polar surface area (TPSA) is 221 Å². The second kappa shape index (κ2) is 16.5. The van der Waals surface area contributed by atoms with Crippen LogP contribution in [0.5, 0.6) is 0 Å². The Morgan fingerprint density at radius 3 is 1.95 bits per heavy atom. The maximum Gasteiger partial charge on any atom is 0.338 e. The minimum absolute atomic E-state index is 0.00289. The summed E-state index contributed by atoms with van der Waals surface area (Å²) in [5.74, 6) is -6.84. The first-order chi connectivity index (χ1) is 29.3. The second-order valence-corrected chi connectivity index (χ2v) is 17.4. The van der Waals surface area contributed by atoms with Gasteiger partial charge in [0, 0.05) is 37.7 Å². The zero-order valence-corrected chi connectivity index (χ0v) is 35.2. The van der Waals surface area contributed by atoms with Gasteiger partial charge in [-0.15, -0.1) is 0 Å². The number of rotatable bonds is 10. The van der Waals surface area contributed by atoms with Gasteiger partial charge < -0.3 is 44.3 Å². The van der Waals surface area contributed by atoms with Crippen molar-refractivity contribution in [2.24, 2.45) is 16.7 Å². The number of nitrogens with one attached hydrogen (secondary N) is 1. The van der Waals surface area contributed by atoms with Crippen molar-refractivity contribution >= 4 is 35.6 Å². The molecule has 0 radical (unpaired) electrons. The Kier molecular flexibility index (Phi) is 11.8. The highest BCUT2D eigenvalue weighted by Gasteiger charge is 2.78. The van der Waals surface area contributed by atoms with Gasteiger partial charge in [-0.3, -0.25) is 19.2 Å². The molecule has 11 atom stereocenters. The molecule has 1 heterocycles. The van der Waals surface area contributed by atoms with Gasteiger partial charge in [-0.05, 0) is 54.8 Å². The van der Waals surface area contributed by atoms with Crippen LogP contribution in [0.25, 0.3) is 0 Å². The van der Waals surface area contributed by atoms with Crippen molar-refractivity contribution in [3.05, 3.63) is 119 Å². The van der Waals surface area contributed by atoms with Crippen LogP contribution in [0.1, 0.15) is 86.7 Å². The van der Waals surface area contributed by atoms with Crippen LogP contribution in [0.2, 0.25) is 0 Å². The number of benzene rings is 3. The quantitative estimate of drug-likeness (QED) is 0.130. The molecule has 1 amide bonds. The van der Waals surface area contributed by atoms with Gasteiger partial charge in [0.15, 0.2) is 23.6 Å². The summed E-state index contributed by atoms with van der Waals surface area (Å²) >= 11 is 0. The Morgan fingerprint density at radius 2 is 1.40 bits per heavy atom. The van der Waals surface area contributed by atoms with E-state index in [1.807, 2.05) is 0 Å². The van der Waals surface area contributed by atoms with E-state index in [0.29, 0.717) is 5.56 Å². The monoisotopic (exact) mass is 853 g/mol. The molecule has 7 rings (SSSR count). The molecular weight excluding hydrogens is 803 g/mol. The SMILES string of the molecule is CC(=O)O[C@H]1C(=O)[C@]2(C)[C@@H](O)C[C@H]3OCC3(OC(C)=O)[C@@H]2C(OC(=O)c2ccccc2)[C@]2(O)C[C@@H](OC(=O)[C@@H](O)[C@H](NC(=O)c3ccccc3)c3ccccc3)C(C)=C1C2(C)C. The molecule has 2 unspecified atom stereocenters. The number of carbonyl (C=O) groups excluding carboxylic acids is 6. The van der Waals surface area contributed by atoms with Crippen LogP contribution in [-0.2, 0) is 42.9 Å². The number of ether oxygens (including phenoxy) is 5. The van der Waals surface area contributed by atoms with Crippen molar-refractivity contribution in [2.45, 2.75) is 108 Å². The molecule has 4 N–H and O–H groups in total. The lowest BCUT2D eigenvalue weighted by atomic mass is 9.44. The lowest BCUT2D eigenvalue weighted by molar-refractivity contribution is -0.346. The summed E-state index contributed by atoms with van der Waals surface area (Å²) in [7, 11) is 0. The second-order valence-electron chi connectivity index (χ2n) is 17.4. The largest absolute Gasteiger partial charge is 0.456 e. The van der Waals surface area contributed by atoms with Crippen LogP contribution in [0.3, 0.4) is 0 Å². The van der Waals surface area contributed by atoms with Crippen LogP contribution < -0.4 is 5.32 Å². The number of hydrogen-bond donors (Lipinski definition) is 4. The first-order valence-electron chi connectivity index (χ1n) is 20.5. The van der Waals surface area contributed by atoms with Crippen LogP contribution in [0, 0.1) is 16.7 Å². The van der Waals surface area contributed by atoms with Crippen molar-refractivity contribution < 1.29 is 67.8 Å². The average Bonchev–Trinajstić information content (AvgIpc) is 3.24. The minimum Gasteiger partial charge on any atom is -0.456 e. The normalized spacial score (nSPS) is 31.9. The third-order valence-electron chi connectivity index (χ3n) is 13.5. The number of amides is 1. The van der Waals surface area contributed by atoms with Gasteiger partial charge in [0.05, 0.1) is 35.6 Å². The third kappa shape index (κ3) is 7.29. The van der Waals surface area contributed by atoms with Gasteiger partial charge in [-0.2, -0.15) is 0 Å². The molecule has 2 saturated carbocycles. The molecule has 3 fully saturated rings. The maximum absolute atomic E-state index is 15.5. The number of Topliss-reactive ketones (excluding diaryl/α,β-unsaturated/α-hetero) is 1. The van der Waals surface area contributed by atoms with Crippen LogP contribution >= 0.6 is 0 Å². The fourth-order valence-corrected chi connectivity index (χ4v) is 10.2. The average molecular weight is 854 g/mol. The summed E-state index contributed by atoms with van der Waals surface area (Å²) < 4.78 is 30.3. The molecule has 3 aromatic rings. The lowest BCUT2D eigenvalue weighted by Crippen LogP contribution is -2.82. The van der Waals surface area contributed by atoms with Crippen molar-refractivity contribution in [3.8, 4) is 0 Å². The highest BCUT2D eigenvalue weighted by atomic mass is 16.6. The number of ketones is 1. The van der Waals surface area contributed by atoms with Gasteiger partial charge in [0.2, 0.25) is 0 Å². The summed E-state index contributed by atoms with van der Waals surface area (Å²) in [5, 5.41) is 40.2. The predicted molar refractivity (Wildman–Crippen MR) is 218 cm³/mol. The Labute approximate surface area is 358 Å².